The highest BCUT2D eigenvalue weighted by Crippen LogP contribution is 2.42. The Morgan fingerprint density at radius 3 is 2.54 bits per heavy atom. The van der Waals surface area contributed by atoms with Gasteiger partial charge in [-0.25, -0.2) is 18.4 Å². The Hall–Kier alpha value is -3.26. The highest BCUT2D eigenvalue weighted by molar-refractivity contribution is 7.91. The minimum atomic E-state index is -3.68. The molecule has 6 rings (SSSR count). The molecule has 0 aromatic carbocycles. The second-order valence-electron chi connectivity index (χ2n) is 10.3. The number of rotatable bonds is 8. The van der Waals surface area contributed by atoms with Crippen LogP contribution in [0, 0.1) is 19.8 Å². The maximum atomic E-state index is 13.0. The predicted octanol–water partition coefficient (Wildman–Crippen LogP) is 3.08. The molecule has 3 atom stereocenters. The van der Waals surface area contributed by atoms with Gasteiger partial charge in [-0.05, 0) is 57.7 Å². The number of aliphatic hydroxyl groups excluding tert-OH is 1. The SMILES string of the molecule is Cc1nc(NC2CC2)nc(NC2(O)CCC(CS(=O)(=O)c3ccncc3)C2O)c1-c1nc2c(C)nccc2s1. The molecule has 2 fully saturated rings. The molecule has 4 heterocycles. The summed E-state index contributed by atoms with van der Waals surface area (Å²) >= 11 is 1.47. The monoisotopic (exact) mass is 567 g/mol. The summed E-state index contributed by atoms with van der Waals surface area (Å²) in [5.41, 5.74) is 1.07. The number of aliphatic hydroxyl groups is 2. The van der Waals surface area contributed by atoms with Gasteiger partial charge in [0.05, 0.1) is 32.3 Å². The van der Waals surface area contributed by atoms with Crippen molar-refractivity contribution in [2.45, 2.75) is 62.3 Å². The first kappa shape index (κ1) is 26.0. The van der Waals surface area contributed by atoms with E-state index in [0.29, 0.717) is 40.5 Å². The molecule has 2 aliphatic carbocycles. The summed E-state index contributed by atoms with van der Waals surface area (Å²) in [6.07, 6.45) is 5.75. The van der Waals surface area contributed by atoms with Gasteiger partial charge in [-0.1, -0.05) is 0 Å². The molecular weight excluding hydrogens is 538 g/mol. The number of nitrogens with one attached hydrogen (secondary N) is 2. The molecular formula is C26H29N7O4S2. The lowest BCUT2D eigenvalue weighted by Gasteiger charge is -2.31. The largest absolute Gasteiger partial charge is 0.388 e. The number of fused-ring (bicyclic) bond motifs is 1. The van der Waals surface area contributed by atoms with Gasteiger partial charge in [-0.15, -0.1) is 11.3 Å². The van der Waals surface area contributed by atoms with Crippen LogP contribution in [0.15, 0.2) is 41.7 Å². The molecule has 11 nitrogen and oxygen atoms in total. The highest BCUT2D eigenvalue weighted by Gasteiger charge is 2.49. The molecule has 0 spiro atoms. The van der Waals surface area contributed by atoms with Gasteiger partial charge in [0, 0.05) is 30.6 Å². The van der Waals surface area contributed by atoms with Crippen LogP contribution in [0.2, 0.25) is 0 Å². The second-order valence-corrected chi connectivity index (χ2v) is 13.4. The van der Waals surface area contributed by atoms with E-state index in [4.69, 9.17) is 9.97 Å². The van der Waals surface area contributed by atoms with Gasteiger partial charge >= 0.3 is 0 Å². The zero-order valence-corrected chi connectivity index (χ0v) is 23.1. The third-order valence-electron chi connectivity index (χ3n) is 7.31. The Kier molecular flexibility index (Phi) is 6.49. The Morgan fingerprint density at radius 1 is 1.05 bits per heavy atom. The van der Waals surface area contributed by atoms with E-state index in [2.05, 4.69) is 25.6 Å². The molecule has 2 saturated carbocycles. The molecule has 0 saturated heterocycles. The fourth-order valence-corrected chi connectivity index (χ4v) is 7.78. The first-order valence-corrected chi connectivity index (χ1v) is 15.3. The van der Waals surface area contributed by atoms with E-state index in [1.54, 1.807) is 6.20 Å². The van der Waals surface area contributed by atoms with Gasteiger partial charge in [0.25, 0.3) is 0 Å². The zero-order valence-electron chi connectivity index (χ0n) is 21.5. The lowest BCUT2D eigenvalue weighted by atomic mass is 10.0. The van der Waals surface area contributed by atoms with Crippen LogP contribution in [0.25, 0.3) is 20.8 Å². The second kappa shape index (κ2) is 9.73. The maximum absolute atomic E-state index is 13.0. The summed E-state index contributed by atoms with van der Waals surface area (Å²) in [7, 11) is -3.68. The average Bonchev–Trinajstić information content (AvgIpc) is 3.54. The molecule has 4 aromatic heterocycles. The predicted molar refractivity (Wildman–Crippen MR) is 148 cm³/mol. The molecule has 3 unspecified atom stereocenters. The summed E-state index contributed by atoms with van der Waals surface area (Å²) in [5, 5.41) is 29.9. The third kappa shape index (κ3) is 5.07. The lowest BCUT2D eigenvalue weighted by molar-refractivity contribution is -0.0442. The van der Waals surface area contributed by atoms with Crippen molar-refractivity contribution in [1.82, 2.24) is 24.9 Å². The van der Waals surface area contributed by atoms with E-state index in [1.165, 1.54) is 35.9 Å². The van der Waals surface area contributed by atoms with Crippen LogP contribution < -0.4 is 10.6 Å². The van der Waals surface area contributed by atoms with Gasteiger partial charge in [-0.2, -0.15) is 4.98 Å². The molecule has 2 aliphatic rings. The molecule has 0 bridgehead atoms. The minimum absolute atomic E-state index is 0.137. The van der Waals surface area contributed by atoms with E-state index in [0.717, 1.165) is 28.8 Å². The Balaban J connectivity index is 1.34. The van der Waals surface area contributed by atoms with Gasteiger partial charge in [0.2, 0.25) is 5.95 Å². The Bertz CT molecular complexity index is 1640. The number of anilines is 2. The van der Waals surface area contributed by atoms with Crippen LogP contribution in [0.1, 0.15) is 37.1 Å². The number of hydrogen-bond donors (Lipinski definition) is 4. The molecule has 4 N–H and O–H groups in total. The van der Waals surface area contributed by atoms with Crippen molar-refractivity contribution in [2.24, 2.45) is 5.92 Å². The smallest absolute Gasteiger partial charge is 0.225 e. The minimum Gasteiger partial charge on any atom is -0.388 e. The van der Waals surface area contributed by atoms with Gasteiger partial charge in [0.1, 0.15) is 22.4 Å². The van der Waals surface area contributed by atoms with Crippen LogP contribution in [0.4, 0.5) is 11.8 Å². The highest BCUT2D eigenvalue weighted by atomic mass is 32.2. The van der Waals surface area contributed by atoms with Crippen molar-refractivity contribution in [1.29, 1.82) is 0 Å². The number of thiazole rings is 1. The van der Waals surface area contributed by atoms with Crippen LogP contribution in [0.3, 0.4) is 0 Å². The molecule has 39 heavy (non-hydrogen) atoms. The van der Waals surface area contributed by atoms with Crippen LogP contribution in [-0.4, -0.2) is 67.2 Å². The van der Waals surface area contributed by atoms with Crippen molar-refractivity contribution in [3.63, 3.8) is 0 Å². The fraction of sp³-hybridized carbons (Fsp3) is 0.423. The summed E-state index contributed by atoms with van der Waals surface area (Å²) < 4.78 is 26.9. The van der Waals surface area contributed by atoms with E-state index >= 15 is 0 Å². The van der Waals surface area contributed by atoms with E-state index in [9.17, 15) is 18.6 Å². The van der Waals surface area contributed by atoms with Crippen molar-refractivity contribution in [3.8, 4) is 10.6 Å². The average molecular weight is 568 g/mol. The molecule has 4 aromatic rings. The number of aromatic nitrogens is 5. The molecule has 0 radical (unpaired) electrons. The Morgan fingerprint density at radius 2 is 1.82 bits per heavy atom. The first-order valence-electron chi connectivity index (χ1n) is 12.8. The van der Waals surface area contributed by atoms with E-state index in [-0.39, 0.29) is 17.1 Å². The summed E-state index contributed by atoms with van der Waals surface area (Å²) in [6.45, 7) is 3.76. The number of nitrogens with zero attached hydrogens (tertiary/aromatic N) is 5. The van der Waals surface area contributed by atoms with Crippen molar-refractivity contribution >= 4 is 43.2 Å². The van der Waals surface area contributed by atoms with Gasteiger partial charge in [0.15, 0.2) is 15.6 Å². The standard InChI is InChI=1S/C26H29N7O4S2/c1-14-20(24-31-21-15(2)28-12-8-19(21)38-24)23(32-25(29-14)30-17-3-4-17)33-26(35)9-5-16(22(26)34)13-39(36,37)18-6-10-27-11-7-18/h6-8,10-12,16-17,22,34-35H,3-5,9,13H2,1-2H3,(H2,29,30,32,33). The number of sulfone groups is 1. The normalized spacial score (nSPS) is 23.3. The lowest BCUT2D eigenvalue weighted by Crippen LogP contribution is -2.48. The topological polar surface area (TPSA) is 163 Å². The number of pyridine rings is 2. The first-order chi connectivity index (χ1) is 18.6. The summed E-state index contributed by atoms with van der Waals surface area (Å²) in [5.74, 6) is -0.217. The van der Waals surface area contributed by atoms with Crippen LogP contribution in [-0.2, 0) is 9.84 Å². The molecule has 0 aliphatic heterocycles. The fourth-order valence-electron chi connectivity index (χ4n) is 5.02. The summed E-state index contributed by atoms with van der Waals surface area (Å²) in [6, 6.07) is 5.07. The number of hydrogen-bond acceptors (Lipinski definition) is 12. The van der Waals surface area contributed by atoms with E-state index < -0.39 is 27.6 Å². The molecule has 204 valence electrons. The van der Waals surface area contributed by atoms with Gasteiger partial charge in [-0.3, -0.25) is 9.97 Å². The third-order valence-corrected chi connectivity index (χ3v) is 10.2. The van der Waals surface area contributed by atoms with Gasteiger partial charge < -0.3 is 20.8 Å². The van der Waals surface area contributed by atoms with Crippen molar-refractivity contribution < 1.29 is 18.6 Å². The quantitative estimate of drug-likeness (QED) is 0.231. The molecule has 0 amide bonds. The van der Waals surface area contributed by atoms with Crippen molar-refractivity contribution in [3.05, 3.63) is 48.2 Å². The van der Waals surface area contributed by atoms with Crippen LogP contribution in [0.5, 0.6) is 0 Å². The Labute approximate surface area is 229 Å². The summed E-state index contributed by atoms with van der Waals surface area (Å²) in [4.78, 5) is 22.5. The van der Waals surface area contributed by atoms with Crippen molar-refractivity contribution in [2.75, 3.05) is 16.4 Å². The maximum Gasteiger partial charge on any atom is 0.225 e. The van der Waals surface area contributed by atoms with Crippen LogP contribution >= 0.6 is 11.3 Å². The zero-order chi connectivity index (χ0) is 27.4. The molecule has 13 heteroatoms. The van der Waals surface area contributed by atoms with E-state index in [1.807, 2.05) is 19.9 Å². The number of aryl methyl sites for hydroxylation is 2.